The molecule has 0 fully saturated rings. The smallest absolute Gasteiger partial charge is 0.294 e. The van der Waals surface area contributed by atoms with E-state index in [0.717, 1.165) is 12.1 Å². The summed E-state index contributed by atoms with van der Waals surface area (Å²) in [6, 6.07) is 5.00. The van der Waals surface area contributed by atoms with E-state index in [0.29, 0.717) is 18.2 Å². The van der Waals surface area contributed by atoms with Crippen molar-refractivity contribution in [2.75, 3.05) is 10.5 Å². The average Bonchev–Trinajstić information content (AvgIpc) is 2.39. The molecule has 3 N–H and O–H groups in total. The lowest BCUT2D eigenvalue weighted by Gasteiger charge is -2.09. The first-order valence-corrected chi connectivity index (χ1v) is 7.20. The summed E-state index contributed by atoms with van der Waals surface area (Å²) in [5, 5.41) is 10.7. The molecule has 0 aliphatic carbocycles. The molecule has 0 heterocycles. The van der Waals surface area contributed by atoms with E-state index in [1.165, 1.54) is 6.07 Å². The Bertz CT molecular complexity index is 835. The van der Waals surface area contributed by atoms with E-state index in [9.17, 15) is 27.3 Å². The van der Waals surface area contributed by atoms with Crippen molar-refractivity contribution in [3.8, 4) is 0 Å². The van der Waals surface area contributed by atoms with Crippen LogP contribution in [0.1, 0.15) is 0 Å². The van der Waals surface area contributed by atoms with Gasteiger partial charge in [0.25, 0.3) is 15.7 Å². The summed E-state index contributed by atoms with van der Waals surface area (Å²) in [6.45, 7) is 0. The van der Waals surface area contributed by atoms with Gasteiger partial charge >= 0.3 is 0 Å². The number of nitrogens with two attached hydrogens (primary N) is 1. The SMILES string of the molecule is Nc1ccc(NS(=O)(=O)c2cc(F)cc(F)c2)cc1[N+](=O)[O-]. The standard InChI is InChI=1S/C12H9F2N3O4S/c13-7-3-8(14)5-10(4-7)22(20,21)16-9-1-2-11(15)12(6-9)17(18)19/h1-6,16H,15H2. The molecule has 0 spiro atoms. The molecule has 0 unspecified atom stereocenters. The quantitative estimate of drug-likeness (QED) is 0.507. The van der Waals surface area contributed by atoms with Crippen molar-refractivity contribution in [3.63, 3.8) is 0 Å². The number of rotatable bonds is 4. The van der Waals surface area contributed by atoms with Gasteiger partial charge in [-0.2, -0.15) is 0 Å². The van der Waals surface area contributed by atoms with Gasteiger partial charge in [-0.3, -0.25) is 14.8 Å². The highest BCUT2D eigenvalue weighted by molar-refractivity contribution is 7.92. The van der Waals surface area contributed by atoms with Crippen LogP contribution in [0.5, 0.6) is 0 Å². The number of nitrogens with zero attached hydrogens (tertiary/aromatic N) is 1. The Morgan fingerprint density at radius 1 is 1.09 bits per heavy atom. The molecular formula is C12H9F2N3O4S. The summed E-state index contributed by atoms with van der Waals surface area (Å²) in [7, 11) is -4.31. The zero-order valence-corrected chi connectivity index (χ0v) is 11.6. The van der Waals surface area contributed by atoms with Crippen LogP contribution in [0.2, 0.25) is 0 Å². The molecule has 0 atom stereocenters. The van der Waals surface area contributed by atoms with Crippen LogP contribution in [0.4, 0.5) is 25.8 Å². The van der Waals surface area contributed by atoms with Crippen LogP contribution in [0, 0.1) is 21.7 Å². The lowest BCUT2D eigenvalue weighted by molar-refractivity contribution is -0.383. The topological polar surface area (TPSA) is 115 Å². The maximum Gasteiger partial charge on any atom is 0.294 e. The molecule has 10 heteroatoms. The van der Waals surface area contributed by atoms with Gasteiger partial charge in [-0.1, -0.05) is 0 Å². The minimum atomic E-state index is -4.31. The predicted octanol–water partition coefficient (Wildman–Crippen LogP) is 2.26. The molecule has 2 rings (SSSR count). The van der Waals surface area contributed by atoms with Crippen LogP contribution >= 0.6 is 0 Å². The second kappa shape index (κ2) is 5.56. The molecule has 0 aliphatic rings. The average molecular weight is 329 g/mol. The normalized spacial score (nSPS) is 11.2. The molecule has 0 radical (unpaired) electrons. The summed E-state index contributed by atoms with van der Waals surface area (Å²) < 4.78 is 52.2. The van der Waals surface area contributed by atoms with Gasteiger partial charge in [-0.25, -0.2) is 17.2 Å². The second-order valence-corrected chi connectivity index (χ2v) is 5.92. The molecule has 22 heavy (non-hydrogen) atoms. The van der Waals surface area contributed by atoms with Crippen molar-refractivity contribution in [1.82, 2.24) is 0 Å². The number of nitrogen functional groups attached to an aromatic ring is 1. The van der Waals surface area contributed by atoms with Crippen molar-refractivity contribution in [2.45, 2.75) is 4.90 Å². The number of sulfonamides is 1. The first kappa shape index (κ1) is 15.6. The lowest BCUT2D eigenvalue weighted by Crippen LogP contribution is -2.14. The minimum Gasteiger partial charge on any atom is -0.393 e. The third-order valence-electron chi connectivity index (χ3n) is 2.63. The number of hydrogen-bond donors (Lipinski definition) is 2. The number of nitro groups is 1. The fourth-order valence-corrected chi connectivity index (χ4v) is 2.75. The van der Waals surface area contributed by atoms with Crippen molar-refractivity contribution in [3.05, 3.63) is 58.1 Å². The van der Waals surface area contributed by atoms with Crippen LogP contribution in [0.15, 0.2) is 41.3 Å². The highest BCUT2D eigenvalue weighted by Gasteiger charge is 2.19. The molecule has 116 valence electrons. The van der Waals surface area contributed by atoms with Gasteiger partial charge in [0, 0.05) is 12.1 Å². The van der Waals surface area contributed by atoms with Crippen LogP contribution in [0.3, 0.4) is 0 Å². The van der Waals surface area contributed by atoms with Crippen molar-refractivity contribution in [2.24, 2.45) is 0 Å². The predicted molar refractivity (Wildman–Crippen MR) is 74.7 cm³/mol. The van der Waals surface area contributed by atoms with E-state index in [1.807, 2.05) is 4.72 Å². The van der Waals surface area contributed by atoms with Crippen molar-refractivity contribution >= 4 is 27.1 Å². The van der Waals surface area contributed by atoms with Gasteiger partial charge in [0.1, 0.15) is 17.3 Å². The number of benzene rings is 2. The first-order chi connectivity index (χ1) is 10.2. The van der Waals surface area contributed by atoms with Gasteiger partial charge in [0.2, 0.25) is 0 Å². The van der Waals surface area contributed by atoms with E-state index in [4.69, 9.17) is 5.73 Å². The van der Waals surface area contributed by atoms with Gasteiger partial charge in [-0.05, 0) is 24.3 Å². The maximum absolute atomic E-state index is 13.1. The van der Waals surface area contributed by atoms with Crippen LogP contribution in [-0.4, -0.2) is 13.3 Å². The van der Waals surface area contributed by atoms with Crippen molar-refractivity contribution in [1.29, 1.82) is 0 Å². The Hall–Kier alpha value is -2.75. The number of nitrogens with one attached hydrogen (secondary N) is 1. The molecule has 2 aromatic carbocycles. The van der Waals surface area contributed by atoms with E-state index >= 15 is 0 Å². The highest BCUT2D eigenvalue weighted by Crippen LogP contribution is 2.26. The van der Waals surface area contributed by atoms with E-state index in [2.05, 4.69) is 0 Å². The number of nitro benzene ring substituents is 1. The Labute approximate surface area is 123 Å². The summed E-state index contributed by atoms with van der Waals surface area (Å²) in [6.07, 6.45) is 0. The van der Waals surface area contributed by atoms with Crippen LogP contribution < -0.4 is 10.5 Å². The van der Waals surface area contributed by atoms with E-state index in [-0.39, 0.29) is 11.4 Å². The Morgan fingerprint density at radius 3 is 2.23 bits per heavy atom. The molecule has 0 bridgehead atoms. The summed E-state index contributed by atoms with van der Waals surface area (Å²) >= 11 is 0. The van der Waals surface area contributed by atoms with E-state index in [1.54, 1.807) is 0 Å². The van der Waals surface area contributed by atoms with E-state index < -0.39 is 37.2 Å². The fourth-order valence-electron chi connectivity index (χ4n) is 1.66. The van der Waals surface area contributed by atoms with Crippen LogP contribution in [-0.2, 0) is 10.0 Å². The lowest BCUT2D eigenvalue weighted by atomic mass is 10.2. The molecule has 0 saturated heterocycles. The van der Waals surface area contributed by atoms with Gasteiger partial charge < -0.3 is 5.73 Å². The Kier molecular flexibility index (Phi) is 3.95. The molecular weight excluding hydrogens is 320 g/mol. The molecule has 0 aliphatic heterocycles. The van der Waals surface area contributed by atoms with Crippen LogP contribution in [0.25, 0.3) is 0 Å². The first-order valence-electron chi connectivity index (χ1n) is 5.72. The number of halogens is 2. The molecule has 0 aromatic heterocycles. The third kappa shape index (κ3) is 3.28. The monoisotopic (exact) mass is 329 g/mol. The largest absolute Gasteiger partial charge is 0.393 e. The minimum absolute atomic E-state index is 0.148. The van der Waals surface area contributed by atoms with Gasteiger partial charge in [-0.15, -0.1) is 0 Å². The zero-order valence-electron chi connectivity index (χ0n) is 10.8. The zero-order chi connectivity index (χ0) is 16.5. The highest BCUT2D eigenvalue weighted by atomic mass is 32.2. The fraction of sp³-hybridized carbons (Fsp3) is 0. The molecule has 2 aromatic rings. The maximum atomic E-state index is 13.1. The number of anilines is 2. The van der Waals surface area contributed by atoms with Gasteiger partial charge in [0.05, 0.1) is 15.5 Å². The molecule has 0 saturated carbocycles. The molecule has 0 amide bonds. The Morgan fingerprint density at radius 2 is 1.68 bits per heavy atom. The summed E-state index contributed by atoms with van der Waals surface area (Å²) in [5.41, 5.74) is 4.58. The Balaban J connectivity index is 2.41. The summed E-state index contributed by atoms with van der Waals surface area (Å²) in [4.78, 5) is 9.32. The van der Waals surface area contributed by atoms with Gasteiger partial charge in [0.15, 0.2) is 0 Å². The number of hydrogen-bond acceptors (Lipinski definition) is 5. The second-order valence-electron chi connectivity index (χ2n) is 4.24. The molecule has 7 nitrogen and oxygen atoms in total. The van der Waals surface area contributed by atoms with Crippen molar-refractivity contribution < 1.29 is 22.1 Å². The third-order valence-corrected chi connectivity index (χ3v) is 3.99. The summed E-state index contributed by atoms with van der Waals surface area (Å²) in [5.74, 6) is -2.13.